The minimum atomic E-state index is -0.320. The zero-order valence-corrected chi connectivity index (χ0v) is 16.2. The zero-order valence-electron chi connectivity index (χ0n) is 16.2. The SMILES string of the molecule is CC.CC.CCCC(CCC)OCC(O)CN1CCCCC1. The number of aliphatic hydroxyl groups is 1. The summed E-state index contributed by atoms with van der Waals surface area (Å²) in [6, 6.07) is 0. The average molecular weight is 318 g/mol. The highest BCUT2D eigenvalue weighted by atomic mass is 16.5. The first-order chi connectivity index (χ1) is 10.8. The van der Waals surface area contributed by atoms with Gasteiger partial charge >= 0.3 is 0 Å². The van der Waals surface area contributed by atoms with Crippen molar-refractivity contribution in [2.45, 2.75) is 98.7 Å². The van der Waals surface area contributed by atoms with Crippen molar-refractivity contribution in [2.24, 2.45) is 0 Å². The highest BCUT2D eigenvalue weighted by Gasteiger charge is 2.16. The Labute approximate surface area is 140 Å². The van der Waals surface area contributed by atoms with Crippen molar-refractivity contribution in [2.75, 3.05) is 26.2 Å². The van der Waals surface area contributed by atoms with E-state index in [1.807, 2.05) is 27.7 Å². The van der Waals surface area contributed by atoms with Crippen LogP contribution in [0.15, 0.2) is 0 Å². The van der Waals surface area contributed by atoms with E-state index in [1.54, 1.807) is 0 Å². The fourth-order valence-corrected chi connectivity index (χ4v) is 2.69. The molecule has 1 N–H and O–H groups in total. The van der Waals surface area contributed by atoms with Crippen LogP contribution in [0.25, 0.3) is 0 Å². The number of hydrogen-bond acceptors (Lipinski definition) is 3. The van der Waals surface area contributed by atoms with Crippen LogP contribution in [0.2, 0.25) is 0 Å². The van der Waals surface area contributed by atoms with Gasteiger partial charge in [-0.1, -0.05) is 60.8 Å². The van der Waals surface area contributed by atoms with E-state index < -0.39 is 0 Å². The van der Waals surface area contributed by atoms with Crippen LogP contribution in [0.5, 0.6) is 0 Å². The van der Waals surface area contributed by atoms with Crippen LogP contribution in [0.1, 0.15) is 86.5 Å². The monoisotopic (exact) mass is 317 g/mol. The summed E-state index contributed by atoms with van der Waals surface area (Å²) < 4.78 is 5.85. The van der Waals surface area contributed by atoms with Crippen LogP contribution in [-0.2, 0) is 4.74 Å². The van der Waals surface area contributed by atoms with E-state index in [0.29, 0.717) is 12.7 Å². The van der Waals surface area contributed by atoms with E-state index in [0.717, 1.165) is 45.3 Å². The Bertz CT molecular complexity index is 188. The van der Waals surface area contributed by atoms with Crippen LogP contribution >= 0.6 is 0 Å². The highest BCUT2D eigenvalue weighted by Crippen LogP contribution is 2.12. The molecule has 0 aromatic carbocycles. The molecule has 1 atom stereocenters. The van der Waals surface area contributed by atoms with Crippen molar-refractivity contribution in [3.8, 4) is 0 Å². The first-order valence-electron chi connectivity index (χ1n) is 9.78. The summed E-state index contributed by atoms with van der Waals surface area (Å²) in [4.78, 5) is 2.37. The molecule has 0 saturated carbocycles. The molecule has 0 spiro atoms. The van der Waals surface area contributed by atoms with Gasteiger partial charge in [0.1, 0.15) is 0 Å². The first-order valence-corrected chi connectivity index (χ1v) is 9.78. The molecule has 3 nitrogen and oxygen atoms in total. The van der Waals surface area contributed by atoms with Gasteiger partial charge in [0.05, 0.1) is 18.8 Å². The van der Waals surface area contributed by atoms with E-state index in [2.05, 4.69) is 18.7 Å². The molecule has 0 aliphatic carbocycles. The predicted molar refractivity (Wildman–Crippen MR) is 98.5 cm³/mol. The summed E-state index contributed by atoms with van der Waals surface area (Å²) in [6.45, 7) is 16.0. The van der Waals surface area contributed by atoms with Crippen molar-refractivity contribution in [1.82, 2.24) is 4.90 Å². The largest absolute Gasteiger partial charge is 0.389 e. The minimum Gasteiger partial charge on any atom is -0.389 e. The summed E-state index contributed by atoms with van der Waals surface area (Å²) >= 11 is 0. The van der Waals surface area contributed by atoms with Crippen LogP contribution in [-0.4, -0.2) is 48.5 Å². The van der Waals surface area contributed by atoms with Gasteiger partial charge in [-0.05, 0) is 38.8 Å². The van der Waals surface area contributed by atoms with E-state index >= 15 is 0 Å². The van der Waals surface area contributed by atoms with Gasteiger partial charge in [-0.25, -0.2) is 0 Å². The van der Waals surface area contributed by atoms with Gasteiger partial charge in [0.15, 0.2) is 0 Å². The third-order valence-electron chi connectivity index (χ3n) is 3.66. The maximum absolute atomic E-state index is 10.0. The number of piperidine rings is 1. The molecule has 0 amide bonds. The molecular weight excluding hydrogens is 274 g/mol. The molecule has 0 radical (unpaired) electrons. The quantitative estimate of drug-likeness (QED) is 0.658. The molecule has 0 aromatic heterocycles. The van der Waals surface area contributed by atoms with Crippen LogP contribution in [0.4, 0.5) is 0 Å². The molecule has 1 heterocycles. The smallest absolute Gasteiger partial charge is 0.0900 e. The molecule has 0 bridgehead atoms. The van der Waals surface area contributed by atoms with Crippen LogP contribution in [0, 0.1) is 0 Å². The first kappa shape index (κ1) is 24.1. The number of likely N-dealkylation sites (tertiary alicyclic amines) is 1. The molecule has 1 aliphatic heterocycles. The summed E-state index contributed by atoms with van der Waals surface area (Å²) in [7, 11) is 0. The maximum atomic E-state index is 10.0. The van der Waals surface area contributed by atoms with Crippen molar-refractivity contribution >= 4 is 0 Å². The van der Waals surface area contributed by atoms with Gasteiger partial charge in [-0.15, -0.1) is 0 Å². The zero-order chi connectivity index (χ0) is 17.2. The molecule has 3 heteroatoms. The topological polar surface area (TPSA) is 32.7 Å². The molecule has 136 valence electrons. The molecule has 1 aliphatic rings. The Morgan fingerprint density at radius 1 is 0.909 bits per heavy atom. The highest BCUT2D eigenvalue weighted by molar-refractivity contribution is 4.69. The van der Waals surface area contributed by atoms with E-state index in [4.69, 9.17) is 4.74 Å². The maximum Gasteiger partial charge on any atom is 0.0900 e. The third kappa shape index (κ3) is 13.5. The molecule has 22 heavy (non-hydrogen) atoms. The molecule has 1 rings (SSSR count). The predicted octanol–water partition coefficient (Wildman–Crippen LogP) is 4.87. The van der Waals surface area contributed by atoms with Crippen LogP contribution < -0.4 is 0 Å². The van der Waals surface area contributed by atoms with Crippen molar-refractivity contribution in [3.63, 3.8) is 0 Å². The van der Waals surface area contributed by atoms with Gasteiger partial charge < -0.3 is 14.7 Å². The Balaban J connectivity index is 0. The standard InChI is InChI=1S/C15H31NO2.2C2H6/c1-3-8-15(9-4-2)18-13-14(17)12-16-10-6-5-7-11-16;2*1-2/h14-15,17H,3-13H2,1-2H3;2*1-2H3. The minimum absolute atomic E-state index is 0.320. The summed E-state index contributed by atoms with van der Waals surface area (Å²) in [5.41, 5.74) is 0. The molecule has 1 saturated heterocycles. The normalized spacial score (nSPS) is 16.4. The number of nitrogens with zero attached hydrogens (tertiary/aromatic N) is 1. The van der Waals surface area contributed by atoms with E-state index in [-0.39, 0.29) is 6.10 Å². The number of hydrogen-bond donors (Lipinski definition) is 1. The average Bonchev–Trinajstić information content (AvgIpc) is 2.58. The van der Waals surface area contributed by atoms with Gasteiger partial charge in [0.2, 0.25) is 0 Å². The van der Waals surface area contributed by atoms with Gasteiger partial charge in [0.25, 0.3) is 0 Å². The summed E-state index contributed by atoms with van der Waals surface area (Å²) in [5.74, 6) is 0. The van der Waals surface area contributed by atoms with Crippen molar-refractivity contribution < 1.29 is 9.84 Å². The Hall–Kier alpha value is -0.120. The lowest BCUT2D eigenvalue weighted by molar-refractivity contribution is -0.0286. The van der Waals surface area contributed by atoms with Gasteiger partial charge in [-0.2, -0.15) is 0 Å². The lowest BCUT2D eigenvalue weighted by atomic mass is 10.1. The molecule has 1 fully saturated rings. The van der Waals surface area contributed by atoms with E-state index in [9.17, 15) is 5.11 Å². The van der Waals surface area contributed by atoms with Crippen molar-refractivity contribution in [1.29, 1.82) is 0 Å². The van der Waals surface area contributed by atoms with Gasteiger partial charge in [-0.3, -0.25) is 0 Å². The lowest BCUT2D eigenvalue weighted by Crippen LogP contribution is -2.38. The van der Waals surface area contributed by atoms with Crippen LogP contribution in [0.3, 0.4) is 0 Å². The number of ether oxygens (including phenoxy) is 1. The Morgan fingerprint density at radius 3 is 1.86 bits per heavy atom. The second-order valence-corrected chi connectivity index (χ2v) is 5.55. The Morgan fingerprint density at radius 2 is 1.41 bits per heavy atom. The number of β-amino-alcohol motifs (C(OH)–C–C–N with tert-alkyl or cyclic N) is 1. The van der Waals surface area contributed by atoms with E-state index in [1.165, 1.54) is 19.3 Å². The fraction of sp³-hybridized carbons (Fsp3) is 1.00. The third-order valence-corrected chi connectivity index (χ3v) is 3.66. The fourth-order valence-electron chi connectivity index (χ4n) is 2.69. The summed E-state index contributed by atoms with van der Waals surface area (Å²) in [5, 5.41) is 10.0. The van der Waals surface area contributed by atoms with Crippen molar-refractivity contribution in [3.05, 3.63) is 0 Å². The number of aliphatic hydroxyl groups excluding tert-OH is 1. The molecule has 1 unspecified atom stereocenters. The number of rotatable bonds is 9. The lowest BCUT2D eigenvalue weighted by Gasteiger charge is -2.29. The molecule has 0 aromatic rings. The molecular formula is C19H43NO2. The second kappa shape index (κ2) is 18.9. The Kier molecular flexibility index (Phi) is 20.8. The second-order valence-electron chi connectivity index (χ2n) is 5.55. The van der Waals surface area contributed by atoms with Gasteiger partial charge in [0, 0.05) is 6.54 Å². The summed E-state index contributed by atoms with van der Waals surface area (Å²) in [6.07, 6.45) is 8.48.